The van der Waals surface area contributed by atoms with E-state index in [-0.39, 0.29) is 0 Å². The van der Waals surface area contributed by atoms with Gasteiger partial charge >= 0.3 is 6.18 Å². The van der Waals surface area contributed by atoms with Crippen LogP contribution in [0.5, 0.6) is 0 Å². The van der Waals surface area contributed by atoms with Crippen molar-refractivity contribution in [2.75, 3.05) is 0 Å². The lowest BCUT2D eigenvalue weighted by Crippen LogP contribution is -2.35. The van der Waals surface area contributed by atoms with Gasteiger partial charge in [0.15, 0.2) is 5.25 Å². The summed E-state index contributed by atoms with van der Waals surface area (Å²) in [5.74, 6) is 0. The molecule has 0 aliphatic heterocycles. The Morgan fingerprint density at radius 3 is 1.82 bits per heavy atom. The van der Waals surface area contributed by atoms with Gasteiger partial charge in [0.1, 0.15) is 0 Å². The summed E-state index contributed by atoms with van der Waals surface area (Å²) in [7, 11) is -5.00. The van der Waals surface area contributed by atoms with Crippen molar-refractivity contribution in [2.24, 2.45) is 0 Å². The van der Waals surface area contributed by atoms with Gasteiger partial charge in [-0.05, 0) is 6.42 Å². The first kappa shape index (κ1) is 10.7. The highest BCUT2D eigenvalue weighted by Gasteiger charge is 2.46. The maximum absolute atomic E-state index is 11.7. The van der Waals surface area contributed by atoms with Crippen LogP contribution in [0.15, 0.2) is 0 Å². The molecule has 0 aliphatic carbocycles. The monoisotopic (exact) mass is 192 g/mol. The highest BCUT2D eigenvalue weighted by atomic mass is 32.2. The van der Waals surface area contributed by atoms with Crippen LogP contribution in [0.3, 0.4) is 0 Å². The maximum atomic E-state index is 11.7. The van der Waals surface area contributed by atoms with E-state index in [1.807, 2.05) is 0 Å². The van der Waals surface area contributed by atoms with Gasteiger partial charge in [0.25, 0.3) is 10.1 Å². The van der Waals surface area contributed by atoms with Gasteiger partial charge in [-0.3, -0.25) is 4.55 Å². The molecule has 11 heavy (non-hydrogen) atoms. The summed E-state index contributed by atoms with van der Waals surface area (Å²) in [5, 5.41) is -2.66. The van der Waals surface area contributed by atoms with Crippen LogP contribution < -0.4 is 0 Å². The Morgan fingerprint density at radius 2 is 1.82 bits per heavy atom. The van der Waals surface area contributed by atoms with Gasteiger partial charge in [0.2, 0.25) is 0 Å². The first-order valence-corrected chi connectivity index (χ1v) is 4.23. The Hall–Kier alpha value is -0.300. The molecule has 0 aromatic heterocycles. The predicted molar refractivity (Wildman–Crippen MR) is 31.7 cm³/mol. The number of alkyl halides is 3. The normalized spacial score (nSPS) is 16.5. The molecule has 68 valence electrons. The molecule has 0 bridgehead atoms. The molecule has 0 aliphatic rings. The van der Waals surface area contributed by atoms with Crippen molar-refractivity contribution >= 4 is 10.1 Å². The average molecular weight is 192 g/mol. The van der Waals surface area contributed by atoms with Crippen LogP contribution in [0.4, 0.5) is 13.2 Å². The molecule has 0 aromatic carbocycles. The summed E-state index contributed by atoms with van der Waals surface area (Å²) >= 11 is 0. The third-order valence-electron chi connectivity index (χ3n) is 1.10. The molecule has 0 saturated carbocycles. The Kier molecular flexibility index (Phi) is 2.90. The minimum Gasteiger partial charge on any atom is -0.285 e. The first-order chi connectivity index (χ1) is 4.69. The molecule has 0 saturated heterocycles. The van der Waals surface area contributed by atoms with Crippen molar-refractivity contribution in [2.45, 2.75) is 24.8 Å². The van der Waals surface area contributed by atoms with Crippen LogP contribution in [-0.2, 0) is 10.1 Å². The summed E-state index contributed by atoms with van der Waals surface area (Å²) < 4.78 is 63.2. The quantitative estimate of drug-likeness (QED) is 0.669. The van der Waals surface area contributed by atoms with Gasteiger partial charge < -0.3 is 0 Å². The third kappa shape index (κ3) is 3.06. The van der Waals surface area contributed by atoms with Crippen LogP contribution in [0.2, 0.25) is 0 Å². The van der Waals surface area contributed by atoms with E-state index in [2.05, 4.69) is 0 Å². The molecule has 0 heterocycles. The predicted octanol–water partition coefficient (Wildman–Crippen LogP) is 1.22. The summed E-state index contributed by atoms with van der Waals surface area (Å²) in [4.78, 5) is 0. The van der Waals surface area contributed by atoms with Gasteiger partial charge in [-0.25, -0.2) is 0 Å². The molecule has 0 radical (unpaired) electrons. The second-order valence-electron chi connectivity index (χ2n) is 1.95. The molecule has 1 unspecified atom stereocenters. The van der Waals surface area contributed by atoms with E-state index in [9.17, 15) is 21.6 Å². The Labute approximate surface area is 62.0 Å². The number of rotatable bonds is 2. The van der Waals surface area contributed by atoms with E-state index in [1.165, 1.54) is 0 Å². The van der Waals surface area contributed by atoms with Gasteiger partial charge in [0.05, 0.1) is 0 Å². The smallest absolute Gasteiger partial charge is 0.285 e. The van der Waals surface area contributed by atoms with Gasteiger partial charge in [0, 0.05) is 0 Å². The van der Waals surface area contributed by atoms with E-state index in [4.69, 9.17) is 4.55 Å². The van der Waals surface area contributed by atoms with E-state index >= 15 is 0 Å². The van der Waals surface area contributed by atoms with Gasteiger partial charge in [-0.15, -0.1) is 0 Å². The highest BCUT2D eigenvalue weighted by molar-refractivity contribution is 7.86. The summed E-state index contributed by atoms with van der Waals surface area (Å²) in [5.41, 5.74) is 0. The van der Waals surface area contributed by atoms with Crippen LogP contribution in [0, 0.1) is 0 Å². The van der Waals surface area contributed by atoms with Crippen LogP contribution in [0.1, 0.15) is 13.3 Å². The topological polar surface area (TPSA) is 54.4 Å². The second-order valence-corrected chi connectivity index (χ2v) is 3.55. The molecule has 1 N–H and O–H groups in total. The zero-order chi connectivity index (χ0) is 9.28. The highest BCUT2D eigenvalue weighted by Crippen LogP contribution is 2.27. The second kappa shape index (κ2) is 2.98. The Bertz CT molecular complexity index is 217. The molecule has 1 atom stereocenters. The summed E-state index contributed by atoms with van der Waals surface area (Å²) in [6.07, 6.45) is -5.56. The zero-order valence-corrected chi connectivity index (χ0v) is 6.41. The average Bonchev–Trinajstić information content (AvgIpc) is 1.56. The maximum Gasteiger partial charge on any atom is 0.407 e. The van der Waals surface area contributed by atoms with Crippen LogP contribution >= 0.6 is 0 Å². The molecule has 0 fully saturated rings. The molecule has 0 spiro atoms. The molecule has 7 heteroatoms. The lowest BCUT2D eigenvalue weighted by molar-refractivity contribution is -0.131. The molecule has 0 rings (SSSR count). The minimum atomic E-state index is -5.00. The minimum absolute atomic E-state index is 0.678. The van der Waals surface area contributed by atoms with Gasteiger partial charge in [-0.2, -0.15) is 21.6 Å². The van der Waals surface area contributed by atoms with Crippen molar-refractivity contribution in [3.63, 3.8) is 0 Å². The number of hydrogen-bond donors (Lipinski definition) is 1. The largest absolute Gasteiger partial charge is 0.407 e. The van der Waals surface area contributed by atoms with Gasteiger partial charge in [-0.1, -0.05) is 6.92 Å². The van der Waals surface area contributed by atoms with Crippen molar-refractivity contribution in [3.05, 3.63) is 0 Å². The molecule has 0 aromatic rings. The van der Waals surface area contributed by atoms with Crippen molar-refractivity contribution in [1.29, 1.82) is 0 Å². The van der Waals surface area contributed by atoms with Crippen LogP contribution in [-0.4, -0.2) is 24.4 Å². The van der Waals surface area contributed by atoms with Crippen molar-refractivity contribution < 1.29 is 26.1 Å². The standard InChI is InChI=1S/C4H7F3O3S/c1-2-3(4(5,6)7)11(8,9)10/h3H,2H2,1H3,(H,8,9,10). The first-order valence-electron chi connectivity index (χ1n) is 2.72. The van der Waals surface area contributed by atoms with E-state index < -0.39 is 28.0 Å². The van der Waals surface area contributed by atoms with Crippen molar-refractivity contribution in [3.8, 4) is 0 Å². The molecular weight excluding hydrogens is 185 g/mol. The SMILES string of the molecule is CCC(C(F)(F)F)S(=O)(=O)O. The lowest BCUT2D eigenvalue weighted by atomic mass is 10.3. The van der Waals surface area contributed by atoms with E-state index in [0.29, 0.717) is 0 Å². The Balaban J connectivity index is 4.72. The fraction of sp³-hybridized carbons (Fsp3) is 1.00. The van der Waals surface area contributed by atoms with E-state index in [0.717, 1.165) is 6.92 Å². The molecule has 0 amide bonds. The summed E-state index contributed by atoms with van der Waals surface area (Å²) in [6.45, 7) is 1.03. The lowest BCUT2D eigenvalue weighted by Gasteiger charge is -2.14. The van der Waals surface area contributed by atoms with Crippen molar-refractivity contribution in [1.82, 2.24) is 0 Å². The summed E-state index contributed by atoms with van der Waals surface area (Å²) in [6, 6.07) is 0. The van der Waals surface area contributed by atoms with E-state index in [1.54, 1.807) is 0 Å². The third-order valence-corrected chi connectivity index (χ3v) is 2.42. The Morgan fingerprint density at radius 1 is 1.45 bits per heavy atom. The zero-order valence-electron chi connectivity index (χ0n) is 5.59. The van der Waals surface area contributed by atoms with Crippen LogP contribution in [0.25, 0.3) is 0 Å². The molecule has 3 nitrogen and oxygen atoms in total. The fourth-order valence-electron chi connectivity index (χ4n) is 0.611. The number of hydrogen-bond acceptors (Lipinski definition) is 2. The fourth-order valence-corrected chi connectivity index (χ4v) is 1.37. The molecular formula is C4H7F3O3S. The number of halogens is 3.